The normalized spacial score (nSPS) is 26.7. The minimum Gasteiger partial charge on any atom is -0.356 e. The Morgan fingerprint density at radius 3 is 2.38 bits per heavy atom. The highest BCUT2D eigenvalue weighted by Gasteiger charge is 2.41. The molecule has 3 fully saturated rings. The van der Waals surface area contributed by atoms with Crippen LogP contribution in [0.1, 0.15) is 35.9 Å². The lowest BCUT2D eigenvalue weighted by Crippen LogP contribution is -2.29. The van der Waals surface area contributed by atoms with Crippen LogP contribution in [0.4, 0.5) is 10.9 Å². The highest BCUT2D eigenvalue weighted by Crippen LogP contribution is 2.38. The van der Waals surface area contributed by atoms with Crippen LogP contribution in [-0.2, 0) is 0 Å². The van der Waals surface area contributed by atoms with Gasteiger partial charge in [0.2, 0.25) is 5.13 Å². The second kappa shape index (κ2) is 5.65. The summed E-state index contributed by atoms with van der Waals surface area (Å²) in [4.78, 5) is 13.9. The molecule has 4 heterocycles. The van der Waals surface area contributed by atoms with E-state index in [4.69, 9.17) is 0 Å². The predicted molar refractivity (Wildman–Crippen MR) is 94.7 cm³/mol. The fourth-order valence-electron chi connectivity index (χ4n) is 4.21. The Hall–Kier alpha value is -1.76. The third kappa shape index (κ3) is 2.46. The van der Waals surface area contributed by atoms with Gasteiger partial charge < -0.3 is 9.80 Å². The lowest BCUT2D eigenvalue weighted by molar-refractivity contribution is 0.410. The minimum absolute atomic E-state index is 0.671. The van der Waals surface area contributed by atoms with Crippen molar-refractivity contribution in [1.82, 2.24) is 20.2 Å². The van der Waals surface area contributed by atoms with Crippen LogP contribution < -0.4 is 9.80 Å². The first-order valence-electron chi connectivity index (χ1n) is 8.88. The smallest absolute Gasteiger partial charge is 0.208 e. The van der Waals surface area contributed by atoms with Crippen LogP contribution in [0.15, 0.2) is 12.4 Å². The number of nitrogens with zero attached hydrogens (tertiary/aromatic N) is 6. The summed E-state index contributed by atoms with van der Waals surface area (Å²) in [6.45, 7) is 6.40. The van der Waals surface area contributed by atoms with E-state index in [-0.39, 0.29) is 0 Å². The number of fused-ring (bicyclic) bond motifs is 1. The molecule has 7 heteroatoms. The molecule has 0 spiro atoms. The van der Waals surface area contributed by atoms with Gasteiger partial charge in [-0.15, -0.1) is 10.2 Å². The fourth-order valence-corrected chi connectivity index (χ4v) is 4.92. The Morgan fingerprint density at radius 1 is 1.00 bits per heavy atom. The summed E-state index contributed by atoms with van der Waals surface area (Å²) in [7, 11) is 0. The summed E-state index contributed by atoms with van der Waals surface area (Å²) in [5.74, 6) is 3.21. The maximum Gasteiger partial charge on any atom is 0.208 e. The van der Waals surface area contributed by atoms with Crippen LogP contribution in [0, 0.1) is 18.8 Å². The summed E-state index contributed by atoms with van der Waals surface area (Å²) in [5.41, 5.74) is 1.24. The molecule has 3 aliphatic rings. The standard InChI is InChI=1S/C17H22N6S/c1-11-20-21-17(24-11)23-8-13-6-22(7-14(13)9-23)16-5-15(18-10-19-16)12-3-2-4-12/h5,10,12-14H,2-4,6-9H2,1H3. The first-order chi connectivity index (χ1) is 11.8. The van der Waals surface area contributed by atoms with E-state index in [0.717, 1.165) is 42.1 Å². The maximum atomic E-state index is 4.55. The molecule has 0 N–H and O–H groups in total. The van der Waals surface area contributed by atoms with Gasteiger partial charge in [0.15, 0.2) is 0 Å². The van der Waals surface area contributed by atoms with Crippen LogP contribution in [0.3, 0.4) is 0 Å². The predicted octanol–water partition coefficient (Wildman–Crippen LogP) is 2.48. The number of rotatable bonds is 3. The van der Waals surface area contributed by atoms with Gasteiger partial charge in [-0.2, -0.15) is 0 Å². The van der Waals surface area contributed by atoms with E-state index in [9.17, 15) is 0 Å². The Balaban J connectivity index is 1.28. The fraction of sp³-hybridized carbons (Fsp3) is 0.647. The summed E-state index contributed by atoms with van der Waals surface area (Å²) in [6.07, 6.45) is 5.68. The molecule has 2 saturated heterocycles. The summed E-state index contributed by atoms with van der Waals surface area (Å²) in [5, 5.41) is 10.6. The second-order valence-electron chi connectivity index (χ2n) is 7.36. The highest BCUT2D eigenvalue weighted by atomic mass is 32.1. The number of hydrogen-bond donors (Lipinski definition) is 0. The second-order valence-corrected chi connectivity index (χ2v) is 8.52. The Morgan fingerprint density at radius 2 is 1.75 bits per heavy atom. The first kappa shape index (κ1) is 14.6. The van der Waals surface area contributed by atoms with Gasteiger partial charge >= 0.3 is 0 Å². The van der Waals surface area contributed by atoms with Crippen LogP contribution in [0.25, 0.3) is 0 Å². The van der Waals surface area contributed by atoms with E-state index in [1.807, 2.05) is 6.92 Å². The molecule has 126 valence electrons. The van der Waals surface area contributed by atoms with Gasteiger partial charge in [-0.1, -0.05) is 17.8 Å². The molecule has 0 radical (unpaired) electrons. The molecule has 0 amide bonds. The molecule has 2 aliphatic heterocycles. The summed E-state index contributed by atoms with van der Waals surface area (Å²) < 4.78 is 0. The molecule has 1 aliphatic carbocycles. The maximum absolute atomic E-state index is 4.55. The Bertz CT molecular complexity index is 728. The average molecular weight is 342 g/mol. The summed E-state index contributed by atoms with van der Waals surface area (Å²) in [6, 6.07) is 2.23. The molecular weight excluding hydrogens is 320 g/mol. The van der Waals surface area contributed by atoms with Crippen molar-refractivity contribution in [1.29, 1.82) is 0 Å². The number of aryl methyl sites for hydroxylation is 1. The van der Waals surface area contributed by atoms with Gasteiger partial charge in [0.05, 0.1) is 0 Å². The molecule has 2 unspecified atom stereocenters. The largest absolute Gasteiger partial charge is 0.356 e. The van der Waals surface area contributed by atoms with Crippen molar-refractivity contribution in [2.24, 2.45) is 11.8 Å². The van der Waals surface area contributed by atoms with Crippen LogP contribution in [-0.4, -0.2) is 46.3 Å². The van der Waals surface area contributed by atoms with Crippen molar-refractivity contribution in [3.63, 3.8) is 0 Å². The van der Waals surface area contributed by atoms with Crippen LogP contribution in [0.5, 0.6) is 0 Å². The third-order valence-electron chi connectivity index (χ3n) is 5.79. The molecule has 2 aromatic rings. The quantitative estimate of drug-likeness (QED) is 0.854. The molecule has 1 saturated carbocycles. The number of anilines is 2. The van der Waals surface area contributed by atoms with Crippen molar-refractivity contribution >= 4 is 22.3 Å². The lowest BCUT2D eigenvalue weighted by Gasteiger charge is -2.26. The number of hydrogen-bond acceptors (Lipinski definition) is 7. The molecule has 2 aromatic heterocycles. The zero-order valence-electron chi connectivity index (χ0n) is 13.9. The average Bonchev–Trinajstić information content (AvgIpc) is 3.19. The number of aromatic nitrogens is 4. The van der Waals surface area contributed by atoms with Crippen molar-refractivity contribution in [2.45, 2.75) is 32.1 Å². The topological polar surface area (TPSA) is 58.0 Å². The van der Waals surface area contributed by atoms with Crippen molar-refractivity contribution < 1.29 is 0 Å². The van der Waals surface area contributed by atoms with Gasteiger partial charge in [0, 0.05) is 55.7 Å². The van der Waals surface area contributed by atoms with E-state index in [2.05, 4.69) is 36.0 Å². The summed E-state index contributed by atoms with van der Waals surface area (Å²) >= 11 is 1.70. The van der Waals surface area contributed by atoms with Crippen LogP contribution in [0.2, 0.25) is 0 Å². The van der Waals surface area contributed by atoms with Gasteiger partial charge in [-0.25, -0.2) is 9.97 Å². The zero-order chi connectivity index (χ0) is 16.1. The first-order valence-corrected chi connectivity index (χ1v) is 9.70. The molecule has 0 aromatic carbocycles. The molecule has 2 atom stereocenters. The monoisotopic (exact) mass is 342 g/mol. The van der Waals surface area contributed by atoms with E-state index in [1.165, 1.54) is 25.0 Å². The highest BCUT2D eigenvalue weighted by molar-refractivity contribution is 7.15. The minimum atomic E-state index is 0.671. The molecular formula is C17H22N6S. The zero-order valence-corrected chi connectivity index (χ0v) is 14.7. The molecule has 24 heavy (non-hydrogen) atoms. The SMILES string of the molecule is Cc1nnc(N2CC3CN(c4cc(C5CCC5)ncn4)CC3C2)s1. The third-order valence-corrected chi connectivity index (χ3v) is 6.69. The van der Waals surface area contributed by atoms with Gasteiger partial charge in [0.25, 0.3) is 0 Å². The van der Waals surface area contributed by atoms with E-state index in [1.54, 1.807) is 17.7 Å². The van der Waals surface area contributed by atoms with Gasteiger partial charge in [0.1, 0.15) is 17.2 Å². The molecule has 5 rings (SSSR count). The van der Waals surface area contributed by atoms with Crippen molar-refractivity contribution in [2.75, 3.05) is 36.0 Å². The van der Waals surface area contributed by atoms with E-state index in [0.29, 0.717) is 17.8 Å². The van der Waals surface area contributed by atoms with Crippen molar-refractivity contribution in [3.05, 3.63) is 23.1 Å². The van der Waals surface area contributed by atoms with E-state index < -0.39 is 0 Å². The molecule has 0 bridgehead atoms. The van der Waals surface area contributed by atoms with Crippen molar-refractivity contribution in [3.8, 4) is 0 Å². The van der Waals surface area contributed by atoms with Crippen LogP contribution >= 0.6 is 11.3 Å². The molecule has 6 nitrogen and oxygen atoms in total. The lowest BCUT2D eigenvalue weighted by atomic mass is 9.83. The Labute approximate surface area is 145 Å². The van der Waals surface area contributed by atoms with E-state index >= 15 is 0 Å². The van der Waals surface area contributed by atoms with Gasteiger partial charge in [-0.05, 0) is 19.8 Å². The Kier molecular flexibility index (Phi) is 3.43. The van der Waals surface area contributed by atoms with Gasteiger partial charge in [-0.3, -0.25) is 0 Å².